The molecule has 0 radical (unpaired) electrons. The van der Waals surface area contributed by atoms with Crippen molar-refractivity contribution in [1.82, 2.24) is 10.3 Å². The van der Waals surface area contributed by atoms with Crippen molar-refractivity contribution in [3.05, 3.63) is 71.2 Å². The zero-order valence-corrected chi connectivity index (χ0v) is 24.8. The molecule has 0 bridgehead atoms. The van der Waals surface area contributed by atoms with E-state index in [1.807, 2.05) is 4.90 Å². The highest BCUT2D eigenvalue weighted by molar-refractivity contribution is 5.96. The van der Waals surface area contributed by atoms with Crippen molar-refractivity contribution in [2.45, 2.75) is 43.1 Å². The largest absolute Gasteiger partial charge is 0.489 e. The summed E-state index contributed by atoms with van der Waals surface area (Å²) in [5.41, 5.74) is 0.0983. The van der Waals surface area contributed by atoms with E-state index in [9.17, 15) is 32.3 Å². The number of hydrogen-bond donors (Lipinski definition) is 3. The van der Waals surface area contributed by atoms with Gasteiger partial charge in [-0.1, -0.05) is 0 Å². The number of nitrogens with zero attached hydrogens (tertiary/aromatic N) is 2. The highest BCUT2D eigenvalue weighted by atomic mass is 19.4. The predicted octanol–water partition coefficient (Wildman–Crippen LogP) is 3.58. The summed E-state index contributed by atoms with van der Waals surface area (Å²) in [6, 6.07) is 10.2. The Morgan fingerprint density at radius 1 is 1.13 bits per heavy atom. The van der Waals surface area contributed by atoms with Gasteiger partial charge in [0, 0.05) is 29.8 Å². The molecule has 1 unspecified atom stereocenters. The van der Waals surface area contributed by atoms with Crippen molar-refractivity contribution >= 4 is 17.5 Å². The molecule has 1 saturated carbocycles. The first-order chi connectivity index (χ1) is 21.8. The standard InChI is InChI=1S/C32H32F4N4O6/c1-30(29(37)42)17-45-27-22(30)15-25(39-26(27)18-2-5-20(33)6-3-18)31(43,32(34,35)36)16-38-28(41)19-4-9-24(46-21-7-8-21)23(14-19)40-10-12-44-13-11-40/h2-6,9,14-15,21,43H,7-8,10-13,16-17H2,1H3,(H2,37,42)(H,38,41)/t30-,31?/m0/s1. The minimum Gasteiger partial charge on any atom is -0.489 e. The van der Waals surface area contributed by atoms with Crippen molar-refractivity contribution in [1.29, 1.82) is 0 Å². The number of pyridine rings is 1. The van der Waals surface area contributed by atoms with Gasteiger partial charge >= 0.3 is 6.18 Å². The topological polar surface area (TPSA) is 136 Å². The smallest absolute Gasteiger partial charge is 0.424 e. The van der Waals surface area contributed by atoms with Crippen LogP contribution in [0.5, 0.6) is 11.5 Å². The molecule has 2 aromatic carbocycles. The van der Waals surface area contributed by atoms with E-state index in [2.05, 4.69) is 10.3 Å². The van der Waals surface area contributed by atoms with Gasteiger partial charge in [0.25, 0.3) is 5.91 Å². The minimum atomic E-state index is -5.34. The number of ether oxygens (including phenoxy) is 3. The van der Waals surface area contributed by atoms with E-state index in [1.54, 1.807) is 12.1 Å². The Balaban J connectivity index is 1.35. The van der Waals surface area contributed by atoms with Gasteiger partial charge in [0.1, 0.15) is 35.0 Å². The molecule has 46 heavy (non-hydrogen) atoms. The number of aliphatic hydroxyl groups is 1. The number of anilines is 1. The number of halogens is 4. The summed E-state index contributed by atoms with van der Waals surface area (Å²) >= 11 is 0. The lowest BCUT2D eigenvalue weighted by molar-refractivity contribution is -0.265. The van der Waals surface area contributed by atoms with Crippen molar-refractivity contribution in [3.63, 3.8) is 0 Å². The quantitative estimate of drug-likeness (QED) is 0.301. The van der Waals surface area contributed by atoms with Crippen LogP contribution in [0, 0.1) is 5.82 Å². The minimum absolute atomic E-state index is 0.0191. The molecule has 3 aromatic rings. The van der Waals surface area contributed by atoms with Gasteiger partial charge in [-0.05, 0) is 68.3 Å². The number of carbonyl (C=O) groups is 2. The molecular formula is C32H32F4N4O6. The number of rotatable bonds is 9. The van der Waals surface area contributed by atoms with Crippen molar-refractivity contribution in [2.75, 3.05) is 44.4 Å². The Kier molecular flexibility index (Phi) is 8.05. The summed E-state index contributed by atoms with van der Waals surface area (Å²) in [7, 11) is 0. The van der Waals surface area contributed by atoms with E-state index in [1.165, 1.54) is 25.1 Å². The third-order valence-electron chi connectivity index (χ3n) is 8.52. The van der Waals surface area contributed by atoms with E-state index >= 15 is 0 Å². The molecule has 1 aromatic heterocycles. The van der Waals surface area contributed by atoms with E-state index in [0.717, 1.165) is 31.0 Å². The number of nitrogens with one attached hydrogen (secondary N) is 1. The first kappa shape index (κ1) is 31.5. The number of hydrogen-bond acceptors (Lipinski definition) is 8. The Bertz CT molecular complexity index is 1660. The Hall–Kier alpha value is -4.43. The van der Waals surface area contributed by atoms with Gasteiger partial charge in [-0.15, -0.1) is 0 Å². The first-order valence-corrected chi connectivity index (χ1v) is 14.8. The van der Waals surface area contributed by atoms with Crippen LogP contribution in [0.3, 0.4) is 0 Å². The van der Waals surface area contributed by atoms with Crippen molar-refractivity contribution in [2.24, 2.45) is 5.73 Å². The highest BCUT2D eigenvalue weighted by Gasteiger charge is 2.57. The number of benzene rings is 2. The Morgan fingerprint density at radius 3 is 2.46 bits per heavy atom. The number of aromatic nitrogens is 1. The number of fused-ring (bicyclic) bond motifs is 1. The lowest BCUT2D eigenvalue weighted by atomic mass is 9.81. The number of carbonyl (C=O) groups excluding carboxylic acids is 2. The fourth-order valence-corrected chi connectivity index (χ4v) is 5.42. The van der Waals surface area contributed by atoms with Crippen LogP contribution in [-0.4, -0.2) is 73.6 Å². The summed E-state index contributed by atoms with van der Waals surface area (Å²) in [5, 5.41) is 13.5. The molecule has 2 aliphatic heterocycles. The van der Waals surface area contributed by atoms with E-state index in [0.29, 0.717) is 37.7 Å². The van der Waals surface area contributed by atoms with Gasteiger partial charge in [0.2, 0.25) is 11.5 Å². The SMILES string of the molecule is C[C@]1(C(N)=O)COc2c1cc(C(O)(CNC(=O)c1ccc(OC3CC3)c(N3CCOCC3)c1)C(F)(F)F)nc2-c1ccc(F)cc1. The fraction of sp³-hybridized carbons (Fsp3) is 0.406. The summed E-state index contributed by atoms with van der Waals surface area (Å²) < 4.78 is 75.1. The maximum absolute atomic E-state index is 14.8. The Labute approximate surface area is 261 Å². The van der Waals surface area contributed by atoms with Gasteiger partial charge in [-0.3, -0.25) is 9.59 Å². The van der Waals surface area contributed by atoms with E-state index in [4.69, 9.17) is 19.9 Å². The van der Waals surface area contributed by atoms with E-state index < -0.39 is 47.1 Å². The van der Waals surface area contributed by atoms with Gasteiger partial charge in [0.15, 0.2) is 0 Å². The van der Waals surface area contributed by atoms with Crippen LogP contribution in [-0.2, 0) is 20.5 Å². The fourth-order valence-electron chi connectivity index (χ4n) is 5.42. The third-order valence-corrected chi connectivity index (χ3v) is 8.52. The monoisotopic (exact) mass is 644 g/mol. The first-order valence-electron chi connectivity index (χ1n) is 14.8. The lowest BCUT2D eigenvalue weighted by Gasteiger charge is -2.32. The van der Waals surface area contributed by atoms with Crippen LogP contribution in [0.15, 0.2) is 48.5 Å². The number of alkyl halides is 3. The second-order valence-electron chi connectivity index (χ2n) is 11.9. The third kappa shape index (κ3) is 5.82. The molecule has 3 aliphatic rings. The van der Waals surface area contributed by atoms with Crippen LogP contribution >= 0.6 is 0 Å². The molecule has 1 aliphatic carbocycles. The summed E-state index contributed by atoms with van der Waals surface area (Å²) in [6.45, 7) is 1.80. The van der Waals surface area contributed by atoms with E-state index in [-0.39, 0.29) is 40.8 Å². The average Bonchev–Trinajstić information content (AvgIpc) is 3.79. The highest BCUT2D eigenvalue weighted by Crippen LogP contribution is 2.48. The van der Waals surface area contributed by atoms with Crippen LogP contribution < -0.4 is 25.4 Å². The second-order valence-corrected chi connectivity index (χ2v) is 11.9. The van der Waals surface area contributed by atoms with Gasteiger partial charge < -0.3 is 35.3 Å². The molecule has 0 spiro atoms. The molecule has 3 heterocycles. The predicted molar refractivity (Wildman–Crippen MR) is 157 cm³/mol. The van der Waals surface area contributed by atoms with Gasteiger partial charge in [-0.25, -0.2) is 9.37 Å². The lowest BCUT2D eigenvalue weighted by Crippen LogP contribution is -2.51. The normalized spacial score (nSPS) is 20.8. The van der Waals surface area contributed by atoms with Gasteiger partial charge in [-0.2, -0.15) is 13.2 Å². The average molecular weight is 645 g/mol. The van der Waals surface area contributed by atoms with Crippen LogP contribution in [0.2, 0.25) is 0 Å². The molecule has 4 N–H and O–H groups in total. The number of nitrogens with two attached hydrogens (primary N) is 1. The maximum Gasteiger partial charge on any atom is 0.424 e. The molecule has 2 fully saturated rings. The number of amides is 2. The van der Waals surface area contributed by atoms with Crippen molar-refractivity contribution < 1.29 is 46.5 Å². The van der Waals surface area contributed by atoms with Gasteiger partial charge in [0.05, 0.1) is 37.2 Å². The van der Waals surface area contributed by atoms with Crippen LogP contribution in [0.25, 0.3) is 11.3 Å². The molecular weight excluding hydrogens is 612 g/mol. The molecule has 244 valence electrons. The number of primary amides is 1. The molecule has 6 rings (SSSR count). The molecule has 2 atom stereocenters. The zero-order chi connectivity index (χ0) is 32.9. The summed E-state index contributed by atoms with van der Waals surface area (Å²) in [6.07, 6.45) is -3.45. The molecule has 10 nitrogen and oxygen atoms in total. The molecule has 14 heteroatoms. The van der Waals surface area contributed by atoms with Crippen LogP contribution in [0.1, 0.15) is 41.4 Å². The summed E-state index contributed by atoms with van der Waals surface area (Å²) in [4.78, 5) is 31.9. The summed E-state index contributed by atoms with van der Waals surface area (Å²) in [5.74, 6) is -1.81. The second kappa shape index (κ2) is 11.7. The maximum atomic E-state index is 14.8. The van der Waals surface area contributed by atoms with Crippen molar-refractivity contribution in [3.8, 4) is 22.8 Å². The molecule has 2 amide bonds. The zero-order valence-electron chi connectivity index (χ0n) is 24.8. The number of morpholine rings is 1. The molecule has 1 saturated heterocycles. The van der Waals surface area contributed by atoms with Crippen LogP contribution in [0.4, 0.5) is 23.2 Å². The Morgan fingerprint density at radius 2 is 1.83 bits per heavy atom.